The minimum atomic E-state index is -1.05. The maximum atomic E-state index is 13.8. The highest BCUT2D eigenvalue weighted by Gasteiger charge is 2.19. The van der Waals surface area contributed by atoms with Crippen molar-refractivity contribution in [2.45, 2.75) is 19.8 Å². The standard InChI is InChI=1S/C16H16F2N2O/c1-9(2)10-4-3-5-11(8-10)20-16(21)14-12(17)6-7-13(19)15(14)18/h3-9H,19H2,1-2H3,(H,20,21). The lowest BCUT2D eigenvalue weighted by Gasteiger charge is -2.11. The van der Waals surface area contributed by atoms with Crippen LogP contribution in [-0.2, 0) is 0 Å². The summed E-state index contributed by atoms with van der Waals surface area (Å²) in [6.45, 7) is 4.02. The highest BCUT2D eigenvalue weighted by atomic mass is 19.1. The summed E-state index contributed by atoms with van der Waals surface area (Å²) in [6.07, 6.45) is 0. The molecule has 2 aromatic rings. The van der Waals surface area contributed by atoms with Crippen LogP contribution in [-0.4, -0.2) is 5.91 Å². The van der Waals surface area contributed by atoms with E-state index in [2.05, 4.69) is 5.32 Å². The second-order valence-electron chi connectivity index (χ2n) is 5.06. The average Bonchev–Trinajstić information content (AvgIpc) is 2.43. The van der Waals surface area contributed by atoms with Crippen molar-refractivity contribution in [1.82, 2.24) is 0 Å². The highest BCUT2D eigenvalue weighted by Crippen LogP contribution is 2.22. The number of anilines is 2. The SMILES string of the molecule is CC(C)c1cccc(NC(=O)c2c(F)ccc(N)c2F)c1. The van der Waals surface area contributed by atoms with Crippen LogP contribution in [0.1, 0.15) is 35.7 Å². The number of nitrogen functional groups attached to an aromatic ring is 1. The molecule has 0 aliphatic rings. The number of nitrogens with one attached hydrogen (secondary N) is 1. The van der Waals surface area contributed by atoms with E-state index < -0.39 is 23.1 Å². The van der Waals surface area contributed by atoms with E-state index in [9.17, 15) is 13.6 Å². The Labute approximate surface area is 121 Å². The van der Waals surface area contributed by atoms with E-state index in [-0.39, 0.29) is 11.6 Å². The maximum absolute atomic E-state index is 13.8. The molecule has 0 fully saturated rings. The van der Waals surface area contributed by atoms with Gasteiger partial charge in [0.1, 0.15) is 11.4 Å². The molecule has 0 aliphatic heterocycles. The Morgan fingerprint density at radius 3 is 2.57 bits per heavy atom. The number of rotatable bonds is 3. The van der Waals surface area contributed by atoms with Crippen LogP contribution >= 0.6 is 0 Å². The number of halogens is 2. The van der Waals surface area contributed by atoms with Gasteiger partial charge in [-0.05, 0) is 35.7 Å². The zero-order valence-corrected chi connectivity index (χ0v) is 11.8. The van der Waals surface area contributed by atoms with Crippen molar-refractivity contribution < 1.29 is 13.6 Å². The van der Waals surface area contributed by atoms with E-state index in [0.29, 0.717) is 5.69 Å². The zero-order chi connectivity index (χ0) is 15.6. The van der Waals surface area contributed by atoms with Gasteiger partial charge in [0.2, 0.25) is 0 Å². The van der Waals surface area contributed by atoms with Gasteiger partial charge in [-0.25, -0.2) is 8.78 Å². The third kappa shape index (κ3) is 3.18. The van der Waals surface area contributed by atoms with Gasteiger partial charge in [-0.3, -0.25) is 4.79 Å². The molecule has 0 radical (unpaired) electrons. The summed E-state index contributed by atoms with van der Waals surface area (Å²) in [5, 5.41) is 2.49. The topological polar surface area (TPSA) is 55.1 Å². The van der Waals surface area contributed by atoms with Crippen molar-refractivity contribution in [3.8, 4) is 0 Å². The molecular formula is C16H16F2N2O. The second kappa shape index (κ2) is 5.91. The number of hydrogen-bond acceptors (Lipinski definition) is 2. The van der Waals surface area contributed by atoms with E-state index in [4.69, 9.17) is 5.73 Å². The molecule has 2 rings (SSSR count). The normalized spacial score (nSPS) is 10.7. The fraction of sp³-hybridized carbons (Fsp3) is 0.188. The Bertz CT molecular complexity index is 684. The van der Waals surface area contributed by atoms with Gasteiger partial charge in [0.05, 0.1) is 5.69 Å². The van der Waals surface area contributed by atoms with Gasteiger partial charge in [-0.1, -0.05) is 26.0 Å². The Kier molecular flexibility index (Phi) is 4.21. The quantitative estimate of drug-likeness (QED) is 0.842. The molecule has 0 spiro atoms. The molecule has 2 aromatic carbocycles. The van der Waals surface area contributed by atoms with Gasteiger partial charge in [-0.2, -0.15) is 0 Å². The summed E-state index contributed by atoms with van der Waals surface area (Å²) in [6, 6.07) is 9.17. The molecule has 0 saturated heterocycles. The number of nitrogens with two attached hydrogens (primary N) is 1. The molecule has 0 atom stereocenters. The summed E-state index contributed by atoms with van der Waals surface area (Å²) in [7, 11) is 0. The van der Waals surface area contributed by atoms with E-state index in [0.717, 1.165) is 17.7 Å². The fourth-order valence-electron chi connectivity index (χ4n) is 1.95. The molecule has 0 bridgehead atoms. The average molecular weight is 290 g/mol. The highest BCUT2D eigenvalue weighted by molar-refractivity contribution is 6.05. The minimum absolute atomic E-state index is 0.266. The van der Waals surface area contributed by atoms with Crippen LogP contribution in [0.4, 0.5) is 20.2 Å². The molecule has 21 heavy (non-hydrogen) atoms. The number of benzene rings is 2. The Morgan fingerprint density at radius 1 is 1.19 bits per heavy atom. The van der Waals surface area contributed by atoms with Crippen LogP contribution in [0.15, 0.2) is 36.4 Å². The summed E-state index contributed by atoms with van der Waals surface area (Å²) >= 11 is 0. The molecule has 1 amide bonds. The van der Waals surface area contributed by atoms with E-state index in [1.165, 1.54) is 0 Å². The number of carbonyl (C=O) groups excluding carboxylic acids is 1. The van der Waals surface area contributed by atoms with Gasteiger partial charge >= 0.3 is 0 Å². The lowest BCUT2D eigenvalue weighted by atomic mass is 10.0. The Balaban J connectivity index is 2.31. The van der Waals surface area contributed by atoms with Gasteiger partial charge < -0.3 is 11.1 Å². The molecular weight excluding hydrogens is 274 g/mol. The van der Waals surface area contributed by atoms with Gasteiger partial charge in [0.15, 0.2) is 5.82 Å². The van der Waals surface area contributed by atoms with Crippen LogP contribution in [0.5, 0.6) is 0 Å². The van der Waals surface area contributed by atoms with Crippen molar-refractivity contribution in [1.29, 1.82) is 0 Å². The molecule has 5 heteroatoms. The lowest BCUT2D eigenvalue weighted by molar-refractivity contribution is 0.101. The predicted molar refractivity (Wildman–Crippen MR) is 79.3 cm³/mol. The molecule has 3 N–H and O–H groups in total. The first-order valence-corrected chi connectivity index (χ1v) is 6.55. The Morgan fingerprint density at radius 2 is 1.90 bits per heavy atom. The van der Waals surface area contributed by atoms with E-state index in [1.807, 2.05) is 19.9 Å². The molecule has 0 unspecified atom stereocenters. The monoisotopic (exact) mass is 290 g/mol. The number of carbonyl (C=O) groups is 1. The summed E-state index contributed by atoms with van der Waals surface area (Å²) in [5.74, 6) is -2.58. The first-order valence-electron chi connectivity index (χ1n) is 6.55. The minimum Gasteiger partial charge on any atom is -0.396 e. The van der Waals surface area contributed by atoms with Crippen molar-refractivity contribution in [3.63, 3.8) is 0 Å². The van der Waals surface area contributed by atoms with Crippen LogP contribution in [0, 0.1) is 11.6 Å². The van der Waals surface area contributed by atoms with E-state index in [1.54, 1.807) is 18.2 Å². The molecule has 110 valence electrons. The first-order chi connectivity index (χ1) is 9.90. The Hall–Kier alpha value is -2.43. The van der Waals surface area contributed by atoms with Crippen molar-refractivity contribution >= 4 is 17.3 Å². The number of amides is 1. The summed E-state index contributed by atoms with van der Waals surface area (Å²) in [5.41, 5.74) is 5.91. The maximum Gasteiger partial charge on any atom is 0.261 e. The van der Waals surface area contributed by atoms with Gasteiger partial charge in [0, 0.05) is 5.69 Å². The summed E-state index contributed by atoms with van der Waals surface area (Å²) < 4.78 is 27.4. The van der Waals surface area contributed by atoms with E-state index >= 15 is 0 Å². The zero-order valence-electron chi connectivity index (χ0n) is 11.8. The smallest absolute Gasteiger partial charge is 0.261 e. The summed E-state index contributed by atoms with van der Waals surface area (Å²) in [4.78, 5) is 12.0. The molecule has 0 heterocycles. The van der Waals surface area contributed by atoms with Crippen LogP contribution in [0.25, 0.3) is 0 Å². The number of hydrogen-bond donors (Lipinski definition) is 2. The first kappa shape index (κ1) is 15.0. The van der Waals surface area contributed by atoms with Crippen molar-refractivity contribution in [2.75, 3.05) is 11.1 Å². The fourth-order valence-corrected chi connectivity index (χ4v) is 1.95. The molecule has 0 aliphatic carbocycles. The predicted octanol–water partition coefficient (Wildman–Crippen LogP) is 3.92. The third-order valence-corrected chi connectivity index (χ3v) is 3.16. The van der Waals surface area contributed by atoms with Crippen LogP contribution < -0.4 is 11.1 Å². The van der Waals surface area contributed by atoms with Crippen molar-refractivity contribution in [2.24, 2.45) is 0 Å². The molecule has 0 aromatic heterocycles. The van der Waals surface area contributed by atoms with Crippen LogP contribution in [0.3, 0.4) is 0 Å². The lowest BCUT2D eigenvalue weighted by Crippen LogP contribution is -2.17. The largest absolute Gasteiger partial charge is 0.396 e. The molecule has 0 saturated carbocycles. The van der Waals surface area contributed by atoms with Crippen molar-refractivity contribution in [3.05, 3.63) is 59.2 Å². The van der Waals surface area contributed by atoms with Gasteiger partial charge in [-0.15, -0.1) is 0 Å². The van der Waals surface area contributed by atoms with Crippen LogP contribution in [0.2, 0.25) is 0 Å². The second-order valence-corrected chi connectivity index (χ2v) is 5.06. The van der Waals surface area contributed by atoms with Gasteiger partial charge in [0.25, 0.3) is 5.91 Å². The molecule has 3 nitrogen and oxygen atoms in total. The third-order valence-electron chi connectivity index (χ3n) is 3.16.